The Bertz CT molecular complexity index is 882. The van der Waals surface area contributed by atoms with Crippen LogP contribution in [0.3, 0.4) is 0 Å². The molecule has 0 spiro atoms. The van der Waals surface area contributed by atoms with Crippen LogP contribution < -0.4 is 15.5 Å². The highest BCUT2D eigenvalue weighted by Gasteiger charge is 2.24. The van der Waals surface area contributed by atoms with Crippen LogP contribution in [0.2, 0.25) is 0 Å². The molecule has 2 N–H and O–H groups in total. The number of carbonyl (C=O) groups excluding carboxylic acids is 1. The van der Waals surface area contributed by atoms with Gasteiger partial charge in [0.05, 0.1) is 0 Å². The van der Waals surface area contributed by atoms with Crippen LogP contribution in [0.4, 0.5) is 5.69 Å². The molecule has 2 saturated heterocycles. The average Bonchev–Trinajstić information content (AvgIpc) is 3.42. The Labute approximate surface area is 179 Å². The molecule has 0 radical (unpaired) electrons. The zero-order valence-corrected chi connectivity index (χ0v) is 17.7. The van der Waals surface area contributed by atoms with Gasteiger partial charge in [-0.2, -0.15) is 0 Å². The van der Waals surface area contributed by atoms with Crippen LogP contribution in [0.15, 0.2) is 59.6 Å². The number of nitrogens with one attached hydrogen (secondary N) is 2. The van der Waals surface area contributed by atoms with Crippen molar-refractivity contribution in [2.24, 2.45) is 4.99 Å². The van der Waals surface area contributed by atoms with Crippen LogP contribution in [-0.2, 0) is 17.9 Å². The quantitative estimate of drug-likeness (QED) is 0.573. The third kappa shape index (κ3) is 4.93. The lowest BCUT2D eigenvalue weighted by molar-refractivity contribution is -0.128. The molecular weight excluding hydrogens is 374 g/mol. The van der Waals surface area contributed by atoms with Gasteiger partial charge in [-0.05, 0) is 36.1 Å². The number of anilines is 1. The SMILES string of the molecule is CN=C(NCc1ccccc1CN1CCCC1=O)NC1CCN(c2ccccc2)C1. The second-order valence-corrected chi connectivity index (χ2v) is 8.02. The minimum Gasteiger partial charge on any atom is -0.369 e. The Morgan fingerprint density at radius 2 is 1.83 bits per heavy atom. The van der Waals surface area contributed by atoms with Crippen molar-refractivity contribution in [2.75, 3.05) is 31.6 Å². The van der Waals surface area contributed by atoms with Crippen LogP contribution in [0.25, 0.3) is 0 Å². The number of hydrogen-bond donors (Lipinski definition) is 2. The maximum atomic E-state index is 12.0. The van der Waals surface area contributed by atoms with Crippen molar-refractivity contribution >= 4 is 17.6 Å². The number of carbonyl (C=O) groups is 1. The fourth-order valence-electron chi connectivity index (χ4n) is 4.28. The first-order chi connectivity index (χ1) is 14.7. The Morgan fingerprint density at radius 1 is 1.07 bits per heavy atom. The van der Waals surface area contributed by atoms with Crippen LogP contribution in [0, 0.1) is 0 Å². The minimum absolute atomic E-state index is 0.263. The van der Waals surface area contributed by atoms with Gasteiger partial charge in [-0.3, -0.25) is 9.79 Å². The van der Waals surface area contributed by atoms with E-state index in [9.17, 15) is 4.79 Å². The van der Waals surface area contributed by atoms with Crippen LogP contribution in [0.5, 0.6) is 0 Å². The van der Waals surface area contributed by atoms with E-state index in [1.54, 1.807) is 0 Å². The molecule has 0 aliphatic carbocycles. The predicted molar refractivity (Wildman–Crippen MR) is 121 cm³/mol. The molecular formula is C24H31N5O. The van der Waals surface area contributed by atoms with E-state index in [0.717, 1.165) is 38.4 Å². The maximum absolute atomic E-state index is 12.0. The third-order valence-corrected chi connectivity index (χ3v) is 5.97. The summed E-state index contributed by atoms with van der Waals surface area (Å²) in [6.07, 6.45) is 2.73. The van der Waals surface area contributed by atoms with Gasteiger partial charge in [-0.15, -0.1) is 0 Å². The van der Waals surface area contributed by atoms with Gasteiger partial charge in [0.1, 0.15) is 0 Å². The summed E-state index contributed by atoms with van der Waals surface area (Å²) in [5.74, 6) is 1.08. The maximum Gasteiger partial charge on any atom is 0.222 e. The molecule has 2 aromatic rings. The predicted octanol–water partition coefficient (Wildman–Crippen LogP) is 2.75. The summed E-state index contributed by atoms with van der Waals surface area (Å²) in [5, 5.41) is 7.03. The molecule has 2 aliphatic heterocycles. The topological polar surface area (TPSA) is 60.0 Å². The molecule has 2 aromatic carbocycles. The van der Waals surface area contributed by atoms with Crippen LogP contribution in [-0.4, -0.2) is 49.5 Å². The van der Waals surface area contributed by atoms with E-state index in [1.165, 1.54) is 16.8 Å². The van der Waals surface area contributed by atoms with E-state index in [2.05, 4.69) is 69.1 Å². The lowest BCUT2D eigenvalue weighted by Crippen LogP contribution is -2.44. The number of para-hydroxylation sites is 1. The van der Waals surface area contributed by atoms with Gasteiger partial charge in [-0.25, -0.2) is 0 Å². The summed E-state index contributed by atoms with van der Waals surface area (Å²) in [5.41, 5.74) is 3.68. The number of rotatable bonds is 6. The molecule has 2 heterocycles. The van der Waals surface area contributed by atoms with E-state index in [1.807, 2.05) is 18.0 Å². The van der Waals surface area contributed by atoms with Gasteiger partial charge >= 0.3 is 0 Å². The van der Waals surface area contributed by atoms with Gasteiger partial charge in [-0.1, -0.05) is 42.5 Å². The highest BCUT2D eigenvalue weighted by molar-refractivity contribution is 5.80. The molecule has 4 rings (SSSR count). The second-order valence-electron chi connectivity index (χ2n) is 8.02. The Balaban J connectivity index is 1.32. The summed E-state index contributed by atoms with van der Waals surface area (Å²) in [6, 6.07) is 19.3. The lowest BCUT2D eigenvalue weighted by Gasteiger charge is -2.21. The Hall–Kier alpha value is -3.02. The fraction of sp³-hybridized carbons (Fsp3) is 0.417. The number of benzene rings is 2. The number of nitrogens with zero attached hydrogens (tertiary/aromatic N) is 3. The van der Waals surface area contributed by atoms with Crippen molar-refractivity contribution < 1.29 is 4.79 Å². The fourth-order valence-corrected chi connectivity index (χ4v) is 4.28. The van der Waals surface area contributed by atoms with E-state index < -0.39 is 0 Å². The summed E-state index contributed by atoms with van der Waals surface area (Å²) < 4.78 is 0. The minimum atomic E-state index is 0.263. The van der Waals surface area contributed by atoms with E-state index in [0.29, 0.717) is 25.6 Å². The van der Waals surface area contributed by atoms with Crippen molar-refractivity contribution in [1.82, 2.24) is 15.5 Å². The molecule has 2 fully saturated rings. The number of guanidine groups is 1. The molecule has 1 atom stereocenters. The smallest absolute Gasteiger partial charge is 0.222 e. The van der Waals surface area contributed by atoms with Crippen molar-refractivity contribution in [3.63, 3.8) is 0 Å². The lowest BCUT2D eigenvalue weighted by atomic mass is 10.1. The first-order valence-electron chi connectivity index (χ1n) is 10.8. The molecule has 6 heteroatoms. The molecule has 30 heavy (non-hydrogen) atoms. The van der Waals surface area contributed by atoms with Crippen LogP contribution >= 0.6 is 0 Å². The third-order valence-electron chi connectivity index (χ3n) is 5.97. The summed E-state index contributed by atoms with van der Waals surface area (Å²) in [7, 11) is 1.81. The zero-order chi connectivity index (χ0) is 20.8. The molecule has 0 bridgehead atoms. The molecule has 1 amide bonds. The normalized spacial score (nSPS) is 19.4. The van der Waals surface area contributed by atoms with E-state index in [-0.39, 0.29) is 5.91 Å². The molecule has 2 aliphatic rings. The second kappa shape index (κ2) is 9.65. The van der Waals surface area contributed by atoms with Gasteiger partial charge in [0, 0.05) is 57.9 Å². The van der Waals surface area contributed by atoms with E-state index in [4.69, 9.17) is 0 Å². The van der Waals surface area contributed by atoms with Gasteiger partial charge < -0.3 is 20.4 Å². The first-order valence-corrected chi connectivity index (χ1v) is 10.8. The molecule has 0 aromatic heterocycles. The highest BCUT2D eigenvalue weighted by atomic mass is 16.2. The summed E-state index contributed by atoms with van der Waals surface area (Å²) in [6.45, 7) is 4.26. The monoisotopic (exact) mass is 405 g/mol. The van der Waals surface area contributed by atoms with Crippen LogP contribution in [0.1, 0.15) is 30.4 Å². The average molecular weight is 406 g/mol. The standard InChI is InChI=1S/C24H31N5O/c1-25-24(27-21-13-15-28(18-21)22-10-3-2-4-11-22)26-16-19-8-5-6-9-20(19)17-29-14-7-12-23(29)30/h2-6,8-11,21H,7,12-18H2,1H3,(H2,25,26,27). The van der Waals surface area contributed by atoms with Crippen molar-refractivity contribution in [3.05, 3.63) is 65.7 Å². The number of aliphatic imine (C=N–C) groups is 1. The van der Waals surface area contributed by atoms with Gasteiger partial charge in [0.15, 0.2) is 5.96 Å². The number of hydrogen-bond acceptors (Lipinski definition) is 3. The molecule has 158 valence electrons. The highest BCUT2D eigenvalue weighted by Crippen LogP contribution is 2.20. The van der Waals surface area contributed by atoms with Crippen molar-refractivity contribution in [1.29, 1.82) is 0 Å². The molecule has 0 saturated carbocycles. The van der Waals surface area contributed by atoms with Crippen molar-refractivity contribution in [3.8, 4) is 0 Å². The molecule has 6 nitrogen and oxygen atoms in total. The summed E-state index contributed by atoms with van der Waals surface area (Å²) in [4.78, 5) is 20.8. The Morgan fingerprint density at radius 3 is 2.57 bits per heavy atom. The Kier molecular flexibility index (Phi) is 6.52. The van der Waals surface area contributed by atoms with Crippen molar-refractivity contribution in [2.45, 2.75) is 38.4 Å². The van der Waals surface area contributed by atoms with Gasteiger partial charge in [0.25, 0.3) is 0 Å². The summed E-state index contributed by atoms with van der Waals surface area (Å²) >= 11 is 0. The largest absolute Gasteiger partial charge is 0.369 e. The molecule has 1 unspecified atom stereocenters. The van der Waals surface area contributed by atoms with Gasteiger partial charge in [0.2, 0.25) is 5.91 Å². The number of likely N-dealkylation sites (tertiary alicyclic amines) is 1. The number of amides is 1. The van der Waals surface area contributed by atoms with E-state index >= 15 is 0 Å². The zero-order valence-electron chi connectivity index (χ0n) is 17.7. The first kappa shape index (κ1) is 20.3.